The molecule has 0 radical (unpaired) electrons. The Kier molecular flexibility index (Phi) is 2.39. The van der Waals surface area contributed by atoms with Crippen molar-refractivity contribution in [2.75, 3.05) is 5.73 Å². The Morgan fingerprint density at radius 2 is 2.33 bits per heavy atom. The lowest BCUT2D eigenvalue weighted by Gasteiger charge is -1.99. The number of anilines is 1. The van der Waals surface area contributed by atoms with Crippen LogP contribution in [0.3, 0.4) is 0 Å². The third-order valence-electron chi connectivity index (χ3n) is 1.82. The molecule has 2 aromatic heterocycles. The van der Waals surface area contributed by atoms with Gasteiger partial charge in [-0.05, 0) is 22.0 Å². The molecule has 0 unspecified atom stereocenters. The van der Waals surface area contributed by atoms with Gasteiger partial charge in [-0.25, -0.2) is 9.67 Å². The first-order valence-electron chi connectivity index (χ1n) is 4.08. The van der Waals surface area contributed by atoms with Crippen LogP contribution in [0.4, 0.5) is 5.82 Å². The summed E-state index contributed by atoms with van der Waals surface area (Å²) >= 11 is 3.26. The maximum Gasteiger partial charge on any atom is 0.160 e. The normalized spacial score (nSPS) is 9.87. The van der Waals surface area contributed by atoms with Crippen LogP contribution in [0.15, 0.2) is 29.0 Å². The Labute approximate surface area is 94.3 Å². The van der Waals surface area contributed by atoms with E-state index in [4.69, 9.17) is 11.0 Å². The minimum atomic E-state index is 0.345. The van der Waals surface area contributed by atoms with Gasteiger partial charge in [-0.15, -0.1) is 5.10 Å². The molecule has 0 amide bonds. The van der Waals surface area contributed by atoms with E-state index in [-0.39, 0.29) is 0 Å². The van der Waals surface area contributed by atoms with Gasteiger partial charge < -0.3 is 5.73 Å². The third kappa shape index (κ3) is 1.82. The first-order chi connectivity index (χ1) is 7.20. The zero-order valence-corrected chi connectivity index (χ0v) is 9.14. The topological polar surface area (TPSA) is 80.5 Å². The van der Waals surface area contributed by atoms with Crippen LogP contribution >= 0.6 is 15.9 Å². The van der Waals surface area contributed by atoms with Gasteiger partial charge in [-0.3, -0.25) is 0 Å². The van der Waals surface area contributed by atoms with Crippen molar-refractivity contribution >= 4 is 21.7 Å². The van der Waals surface area contributed by atoms with E-state index in [1.165, 1.54) is 0 Å². The lowest BCUT2D eigenvalue weighted by atomic mass is 10.3. The molecule has 0 spiro atoms. The van der Waals surface area contributed by atoms with Gasteiger partial charge in [0.2, 0.25) is 0 Å². The molecule has 6 heteroatoms. The Bertz CT molecular complexity index is 520. The molecule has 74 valence electrons. The number of hydrogen-bond acceptors (Lipinski definition) is 4. The van der Waals surface area contributed by atoms with Gasteiger partial charge in [0, 0.05) is 18.5 Å². The number of nitrogens with zero attached hydrogens (tertiary/aromatic N) is 4. The van der Waals surface area contributed by atoms with E-state index in [1.807, 2.05) is 6.07 Å². The standard InChI is InChI=1S/C9H6BrN5/c10-8-5-15(14-9(8)12)7-1-2-13-6(3-7)4-11/h1-3,5H,(H2,12,14). The number of aromatic nitrogens is 3. The molecule has 0 bridgehead atoms. The monoisotopic (exact) mass is 263 g/mol. The summed E-state index contributed by atoms with van der Waals surface area (Å²) in [4.78, 5) is 3.87. The van der Waals surface area contributed by atoms with E-state index in [9.17, 15) is 0 Å². The van der Waals surface area contributed by atoms with E-state index >= 15 is 0 Å². The first kappa shape index (κ1) is 9.68. The SMILES string of the molecule is N#Cc1cc(-n2cc(Br)c(N)n2)ccn1. The van der Waals surface area contributed by atoms with Gasteiger partial charge in [0.15, 0.2) is 5.82 Å². The summed E-state index contributed by atoms with van der Waals surface area (Å²) in [6, 6.07) is 5.35. The van der Waals surface area contributed by atoms with Crippen LogP contribution in [0.2, 0.25) is 0 Å². The van der Waals surface area contributed by atoms with Gasteiger partial charge in [0.1, 0.15) is 11.8 Å². The van der Waals surface area contributed by atoms with Crippen LogP contribution in [-0.2, 0) is 0 Å². The van der Waals surface area contributed by atoms with E-state index in [0.29, 0.717) is 11.5 Å². The molecule has 0 aliphatic carbocycles. The maximum atomic E-state index is 8.69. The molecule has 0 fully saturated rings. The summed E-state index contributed by atoms with van der Waals surface area (Å²) in [5.41, 5.74) is 6.68. The van der Waals surface area contributed by atoms with Gasteiger partial charge in [0.25, 0.3) is 0 Å². The lowest BCUT2D eigenvalue weighted by molar-refractivity contribution is 0.881. The van der Waals surface area contributed by atoms with E-state index < -0.39 is 0 Å². The molecule has 0 atom stereocenters. The smallest absolute Gasteiger partial charge is 0.160 e. The molecule has 2 rings (SSSR count). The number of hydrogen-bond donors (Lipinski definition) is 1. The van der Waals surface area contributed by atoms with Crippen LogP contribution in [-0.4, -0.2) is 14.8 Å². The maximum absolute atomic E-state index is 8.69. The molecule has 0 saturated heterocycles. The first-order valence-corrected chi connectivity index (χ1v) is 4.87. The number of halogens is 1. The second kappa shape index (κ2) is 3.71. The molecule has 5 nitrogen and oxygen atoms in total. The lowest BCUT2D eigenvalue weighted by Crippen LogP contribution is -1.97. The van der Waals surface area contributed by atoms with Crippen LogP contribution in [0.25, 0.3) is 5.69 Å². The number of nitrogen functional groups attached to an aromatic ring is 1. The molecule has 0 saturated carbocycles. The van der Waals surface area contributed by atoms with Crippen molar-refractivity contribution in [2.45, 2.75) is 0 Å². The Morgan fingerprint density at radius 1 is 1.53 bits per heavy atom. The molecule has 2 N–H and O–H groups in total. The van der Waals surface area contributed by atoms with Crippen LogP contribution in [0, 0.1) is 11.3 Å². The van der Waals surface area contributed by atoms with Gasteiger partial charge in [0.05, 0.1) is 10.2 Å². The Balaban J connectivity index is 2.50. The van der Waals surface area contributed by atoms with Crippen LogP contribution in [0.5, 0.6) is 0 Å². The summed E-state index contributed by atoms with van der Waals surface area (Å²) in [5.74, 6) is 0.408. The molecule has 0 aliphatic rings. The van der Waals surface area contributed by atoms with Crippen molar-refractivity contribution in [3.63, 3.8) is 0 Å². The van der Waals surface area contributed by atoms with Gasteiger partial charge in [-0.1, -0.05) is 0 Å². The molecule has 0 aromatic carbocycles. The second-order valence-electron chi connectivity index (χ2n) is 2.82. The predicted octanol–water partition coefficient (Wildman–Crippen LogP) is 1.48. The van der Waals surface area contributed by atoms with Crippen molar-refractivity contribution in [2.24, 2.45) is 0 Å². The van der Waals surface area contributed by atoms with E-state index in [2.05, 4.69) is 26.0 Å². The van der Waals surface area contributed by atoms with Crippen molar-refractivity contribution in [1.82, 2.24) is 14.8 Å². The highest BCUT2D eigenvalue weighted by Crippen LogP contribution is 2.19. The minimum absolute atomic E-state index is 0.345. The third-order valence-corrected chi connectivity index (χ3v) is 2.43. The molecule has 2 heterocycles. The summed E-state index contributed by atoms with van der Waals surface area (Å²) in [6.07, 6.45) is 3.28. The zero-order chi connectivity index (χ0) is 10.8. The van der Waals surface area contributed by atoms with Crippen molar-refractivity contribution in [3.05, 3.63) is 34.7 Å². The molecular weight excluding hydrogens is 258 g/mol. The number of nitriles is 1. The number of rotatable bonds is 1. The largest absolute Gasteiger partial charge is 0.381 e. The number of pyridine rings is 1. The quantitative estimate of drug-likeness (QED) is 0.845. The fourth-order valence-corrected chi connectivity index (χ4v) is 1.39. The number of nitrogens with two attached hydrogens (primary N) is 1. The van der Waals surface area contributed by atoms with Crippen molar-refractivity contribution in [1.29, 1.82) is 5.26 Å². The van der Waals surface area contributed by atoms with Gasteiger partial charge in [-0.2, -0.15) is 5.26 Å². The average molecular weight is 264 g/mol. The van der Waals surface area contributed by atoms with Crippen molar-refractivity contribution < 1.29 is 0 Å². The molecule has 15 heavy (non-hydrogen) atoms. The van der Waals surface area contributed by atoms with E-state index in [0.717, 1.165) is 10.2 Å². The second-order valence-corrected chi connectivity index (χ2v) is 3.67. The highest BCUT2D eigenvalue weighted by atomic mass is 79.9. The summed E-state index contributed by atoms with van der Waals surface area (Å²) in [6.45, 7) is 0. The minimum Gasteiger partial charge on any atom is -0.381 e. The molecular formula is C9H6BrN5. The van der Waals surface area contributed by atoms with E-state index in [1.54, 1.807) is 29.2 Å². The fraction of sp³-hybridized carbons (Fsp3) is 0. The van der Waals surface area contributed by atoms with Crippen LogP contribution in [0.1, 0.15) is 5.69 Å². The highest BCUT2D eigenvalue weighted by Gasteiger charge is 2.04. The summed E-state index contributed by atoms with van der Waals surface area (Å²) in [7, 11) is 0. The van der Waals surface area contributed by atoms with Crippen LogP contribution < -0.4 is 5.73 Å². The Morgan fingerprint density at radius 3 is 2.93 bits per heavy atom. The average Bonchev–Trinajstić information content (AvgIpc) is 2.59. The summed E-state index contributed by atoms with van der Waals surface area (Å²) < 4.78 is 2.31. The zero-order valence-electron chi connectivity index (χ0n) is 7.55. The fourth-order valence-electron chi connectivity index (χ4n) is 1.12. The summed E-state index contributed by atoms with van der Waals surface area (Å²) in [5, 5.41) is 12.8. The Hall–Kier alpha value is -1.87. The predicted molar refractivity (Wildman–Crippen MR) is 58.2 cm³/mol. The highest BCUT2D eigenvalue weighted by molar-refractivity contribution is 9.10. The molecule has 0 aliphatic heterocycles. The van der Waals surface area contributed by atoms with Gasteiger partial charge >= 0.3 is 0 Å². The molecule has 2 aromatic rings. The van der Waals surface area contributed by atoms with Crippen molar-refractivity contribution in [3.8, 4) is 11.8 Å².